The van der Waals surface area contributed by atoms with Gasteiger partial charge in [-0.1, -0.05) is 12.2 Å². The van der Waals surface area contributed by atoms with Crippen LogP contribution in [-0.2, 0) is 18.0 Å². The third kappa shape index (κ3) is 3.56. The molecule has 2 aromatic rings. The lowest BCUT2D eigenvalue weighted by atomic mass is 10.1. The predicted octanol–water partition coefficient (Wildman–Crippen LogP) is 2.64. The van der Waals surface area contributed by atoms with Gasteiger partial charge < -0.3 is 19.6 Å². The summed E-state index contributed by atoms with van der Waals surface area (Å²) in [5, 5.41) is 0. The summed E-state index contributed by atoms with van der Waals surface area (Å²) in [7, 11) is 1.62. The van der Waals surface area contributed by atoms with Crippen LogP contribution in [0.3, 0.4) is 0 Å². The van der Waals surface area contributed by atoms with E-state index in [9.17, 15) is 0 Å². The molecular formula is C14H15NO3S. The number of hydrogen-bond acceptors (Lipinski definition) is 4. The Balaban J connectivity index is 2.04. The second kappa shape index (κ2) is 6.36. The Morgan fingerprint density at radius 3 is 2.79 bits per heavy atom. The molecule has 0 saturated heterocycles. The number of rotatable bonds is 6. The van der Waals surface area contributed by atoms with Gasteiger partial charge in [-0.3, -0.25) is 0 Å². The first-order valence-corrected chi connectivity index (χ1v) is 6.18. The Bertz CT molecular complexity index is 552. The van der Waals surface area contributed by atoms with E-state index in [4.69, 9.17) is 31.8 Å². The molecule has 0 radical (unpaired) electrons. The van der Waals surface area contributed by atoms with E-state index in [1.165, 1.54) is 0 Å². The first-order valence-electron chi connectivity index (χ1n) is 5.77. The monoisotopic (exact) mass is 277 g/mol. The molecule has 0 saturated carbocycles. The topological polar surface area (TPSA) is 57.6 Å². The van der Waals surface area contributed by atoms with E-state index < -0.39 is 0 Å². The Hall–Kier alpha value is -1.85. The zero-order valence-electron chi connectivity index (χ0n) is 10.6. The molecule has 0 unspecified atom stereocenters. The van der Waals surface area contributed by atoms with Crippen molar-refractivity contribution in [2.24, 2.45) is 5.73 Å². The molecule has 0 bridgehead atoms. The highest BCUT2D eigenvalue weighted by Gasteiger charge is 2.07. The lowest BCUT2D eigenvalue weighted by Gasteiger charge is -2.10. The van der Waals surface area contributed by atoms with E-state index in [1.807, 2.05) is 30.3 Å². The number of furan rings is 1. The summed E-state index contributed by atoms with van der Waals surface area (Å²) in [4.78, 5) is 0.356. The van der Waals surface area contributed by atoms with Crippen LogP contribution < -0.4 is 10.5 Å². The van der Waals surface area contributed by atoms with Crippen molar-refractivity contribution in [1.82, 2.24) is 0 Å². The fourth-order valence-corrected chi connectivity index (χ4v) is 1.83. The largest absolute Gasteiger partial charge is 0.496 e. The molecule has 2 N–H and O–H groups in total. The van der Waals surface area contributed by atoms with Gasteiger partial charge >= 0.3 is 0 Å². The lowest BCUT2D eigenvalue weighted by Crippen LogP contribution is -2.10. The Kier molecular flexibility index (Phi) is 4.54. The third-order valence-electron chi connectivity index (χ3n) is 2.65. The standard InChI is InChI=1S/C14H15NO3S/c1-16-13-5-4-10(14(15)19)7-11(13)8-17-9-12-3-2-6-18-12/h2-7H,8-9H2,1H3,(H2,15,19). The zero-order valence-corrected chi connectivity index (χ0v) is 11.4. The Morgan fingerprint density at radius 1 is 1.32 bits per heavy atom. The van der Waals surface area contributed by atoms with Crippen LogP contribution >= 0.6 is 12.2 Å². The van der Waals surface area contributed by atoms with Crippen LogP contribution in [0.15, 0.2) is 41.0 Å². The molecule has 4 nitrogen and oxygen atoms in total. The number of nitrogens with two attached hydrogens (primary N) is 1. The van der Waals surface area contributed by atoms with Gasteiger partial charge in [-0.05, 0) is 30.3 Å². The molecule has 1 aromatic carbocycles. The van der Waals surface area contributed by atoms with Crippen molar-refractivity contribution in [3.8, 4) is 5.75 Å². The van der Waals surface area contributed by atoms with Crippen molar-refractivity contribution in [3.05, 3.63) is 53.5 Å². The van der Waals surface area contributed by atoms with Crippen LogP contribution in [-0.4, -0.2) is 12.1 Å². The third-order valence-corrected chi connectivity index (χ3v) is 2.88. The highest BCUT2D eigenvalue weighted by Crippen LogP contribution is 2.21. The van der Waals surface area contributed by atoms with Gasteiger partial charge in [-0.15, -0.1) is 0 Å². The van der Waals surface area contributed by atoms with Gasteiger partial charge in [0.2, 0.25) is 0 Å². The first-order chi connectivity index (χ1) is 9.20. The molecule has 0 amide bonds. The van der Waals surface area contributed by atoms with Crippen molar-refractivity contribution in [2.75, 3.05) is 7.11 Å². The summed E-state index contributed by atoms with van der Waals surface area (Å²) in [5.74, 6) is 1.53. The first kappa shape index (κ1) is 13.6. The number of thiocarbonyl (C=S) groups is 1. The minimum atomic E-state index is 0.356. The average molecular weight is 277 g/mol. The van der Waals surface area contributed by atoms with Crippen molar-refractivity contribution >= 4 is 17.2 Å². The van der Waals surface area contributed by atoms with Crippen molar-refractivity contribution in [3.63, 3.8) is 0 Å². The maximum Gasteiger partial charge on any atom is 0.129 e. The van der Waals surface area contributed by atoms with Gasteiger partial charge in [-0.25, -0.2) is 0 Å². The molecule has 1 aromatic heterocycles. The summed E-state index contributed by atoms with van der Waals surface area (Å²) in [5.41, 5.74) is 7.32. The quantitative estimate of drug-likeness (QED) is 0.823. The van der Waals surface area contributed by atoms with E-state index in [0.29, 0.717) is 18.2 Å². The molecule has 0 fully saturated rings. The molecule has 19 heavy (non-hydrogen) atoms. The normalized spacial score (nSPS) is 10.4. The van der Waals surface area contributed by atoms with Crippen LogP contribution in [0.4, 0.5) is 0 Å². The second-order valence-corrected chi connectivity index (χ2v) is 4.40. The molecule has 0 spiro atoms. The fourth-order valence-electron chi connectivity index (χ4n) is 1.70. The van der Waals surface area contributed by atoms with E-state index in [-0.39, 0.29) is 0 Å². The molecule has 0 aliphatic heterocycles. The van der Waals surface area contributed by atoms with Gasteiger partial charge in [-0.2, -0.15) is 0 Å². The van der Waals surface area contributed by atoms with E-state index in [0.717, 1.165) is 22.6 Å². The van der Waals surface area contributed by atoms with Gasteiger partial charge in [0.25, 0.3) is 0 Å². The fraction of sp³-hybridized carbons (Fsp3) is 0.214. The molecular weight excluding hydrogens is 262 g/mol. The highest BCUT2D eigenvalue weighted by molar-refractivity contribution is 7.80. The van der Waals surface area contributed by atoms with E-state index >= 15 is 0 Å². The second-order valence-electron chi connectivity index (χ2n) is 3.96. The van der Waals surface area contributed by atoms with E-state index in [1.54, 1.807) is 13.4 Å². The number of ether oxygens (including phenoxy) is 2. The van der Waals surface area contributed by atoms with Gasteiger partial charge in [0.1, 0.15) is 23.1 Å². The van der Waals surface area contributed by atoms with Crippen molar-refractivity contribution in [2.45, 2.75) is 13.2 Å². The average Bonchev–Trinajstić information content (AvgIpc) is 2.91. The van der Waals surface area contributed by atoms with Crippen LogP contribution in [0.1, 0.15) is 16.9 Å². The van der Waals surface area contributed by atoms with Crippen LogP contribution in [0.25, 0.3) is 0 Å². The van der Waals surface area contributed by atoms with E-state index in [2.05, 4.69) is 0 Å². The summed E-state index contributed by atoms with van der Waals surface area (Å²) in [6, 6.07) is 9.23. The summed E-state index contributed by atoms with van der Waals surface area (Å²) >= 11 is 4.96. The summed E-state index contributed by atoms with van der Waals surface area (Å²) < 4.78 is 16.1. The minimum Gasteiger partial charge on any atom is -0.496 e. The Morgan fingerprint density at radius 2 is 2.16 bits per heavy atom. The SMILES string of the molecule is COc1ccc(C(N)=S)cc1COCc1ccco1. The van der Waals surface area contributed by atoms with Crippen LogP contribution in [0.2, 0.25) is 0 Å². The smallest absolute Gasteiger partial charge is 0.129 e. The number of benzene rings is 1. The van der Waals surface area contributed by atoms with Crippen LogP contribution in [0.5, 0.6) is 5.75 Å². The predicted molar refractivity (Wildman–Crippen MR) is 76.1 cm³/mol. The van der Waals surface area contributed by atoms with Crippen molar-refractivity contribution < 1.29 is 13.9 Å². The summed E-state index contributed by atoms with van der Waals surface area (Å²) in [6.45, 7) is 0.813. The highest BCUT2D eigenvalue weighted by atomic mass is 32.1. The maximum atomic E-state index is 5.61. The molecule has 1 heterocycles. The number of hydrogen-bond donors (Lipinski definition) is 1. The van der Waals surface area contributed by atoms with Crippen molar-refractivity contribution in [1.29, 1.82) is 0 Å². The summed E-state index contributed by atoms with van der Waals surface area (Å²) in [6.07, 6.45) is 1.62. The molecule has 0 aliphatic rings. The maximum absolute atomic E-state index is 5.61. The number of methoxy groups -OCH3 is 1. The Labute approximate surface area is 117 Å². The minimum absolute atomic E-state index is 0.356. The van der Waals surface area contributed by atoms with Crippen LogP contribution in [0, 0.1) is 0 Å². The molecule has 5 heteroatoms. The molecule has 100 valence electrons. The van der Waals surface area contributed by atoms with Gasteiger partial charge in [0, 0.05) is 11.1 Å². The van der Waals surface area contributed by atoms with Gasteiger partial charge in [0.05, 0.1) is 20.0 Å². The lowest BCUT2D eigenvalue weighted by molar-refractivity contribution is 0.0914. The molecule has 0 aliphatic carbocycles. The molecule has 0 atom stereocenters. The molecule has 2 rings (SSSR count). The van der Waals surface area contributed by atoms with Gasteiger partial charge in [0.15, 0.2) is 0 Å². The zero-order chi connectivity index (χ0) is 13.7.